The Kier molecular flexibility index (Phi) is 5.71. The first-order chi connectivity index (χ1) is 12.8. The molecule has 8 nitrogen and oxygen atoms in total. The van der Waals surface area contributed by atoms with E-state index in [0.29, 0.717) is 26.2 Å². The van der Waals surface area contributed by atoms with E-state index in [1.165, 1.54) is 22.5 Å². The molecule has 27 heavy (non-hydrogen) atoms. The van der Waals surface area contributed by atoms with Gasteiger partial charge in [-0.15, -0.1) is 0 Å². The Morgan fingerprint density at radius 1 is 1.07 bits per heavy atom. The number of primary amides is 1. The van der Waals surface area contributed by atoms with Gasteiger partial charge in [0, 0.05) is 26.2 Å². The summed E-state index contributed by atoms with van der Waals surface area (Å²) in [6.45, 7) is 3.94. The second-order valence-electron chi connectivity index (χ2n) is 6.93. The van der Waals surface area contributed by atoms with Crippen molar-refractivity contribution in [3.63, 3.8) is 0 Å². The molecule has 2 amide bonds. The molecule has 0 radical (unpaired) electrons. The van der Waals surface area contributed by atoms with E-state index in [1.807, 2.05) is 0 Å². The van der Waals surface area contributed by atoms with Crippen molar-refractivity contribution in [2.24, 2.45) is 5.73 Å². The fourth-order valence-corrected chi connectivity index (χ4v) is 5.02. The lowest BCUT2D eigenvalue weighted by atomic mass is 10.2. The van der Waals surface area contributed by atoms with Gasteiger partial charge in [0.15, 0.2) is 6.10 Å². The summed E-state index contributed by atoms with van der Waals surface area (Å²) in [6.07, 6.45) is 2.78. The summed E-state index contributed by atoms with van der Waals surface area (Å²) in [7, 11) is -3.67. The third-order valence-electron chi connectivity index (χ3n) is 4.99. The van der Waals surface area contributed by atoms with Crippen molar-refractivity contribution in [3.05, 3.63) is 23.8 Å². The van der Waals surface area contributed by atoms with Crippen LogP contribution in [0.5, 0.6) is 5.75 Å². The summed E-state index contributed by atoms with van der Waals surface area (Å²) in [6, 6.07) is 4.03. The van der Waals surface area contributed by atoms with Crippen molar-refractivity contribution >= 4 is 21.8 Å². The highest BCUT2D eigenvalue weighted by Gasteiger charge is 2.30. The molecule has 2 aliphatic rings. The van der Waals surface area contributed by atoms with E-state index < -0.39 is 22.0 Å². The molecule has 3 rings (SSSR count). The first-order valence-electron chi connectivity index (χ1n) is 9.20. The van der Waals surface area contributed by atoms with Crippen molar-refractivity contribution < 1.29 is 22.7 Å². The number of hydrogen-bond acceptors (Lipinski definition) is 5. The quantitative estimate of drug-likeness (QED) is 0.771. The van der Waals surface area contributed by atoms with Gasteiger partial charge in [0.05, 0.1) is 10.5 Å². The second kappa shape index (κ2) is 7.85. The Hall–Kier alpha value is -2.13. The van der Waals surface area contributed by atoms with Crippen molar-refractivity contribution in [2.75, 3.05) is 26.2 Å². The molecular weight excluding hydrogens is 370 g/mol. The molecule has 0 spiro atoms. The van der Waals surface area contributed by atoms with Crippen molar-refractivity contribution in [1.29, 1.82) is 0 Å². The lowest BCUT2D eigenvalue weighted by molar-refractivity contribution is -0.136. The van der Waals surface area contributed by atoms with Crippen LogP contribution >= 0.6 is 0 Å². The van der Waals surface area contributed by atoms with Gasteiger partial charge in [-0.1, -0.05) is 0 Å². The number of amides is 2. The minimum Gasteiger partial charge on any atom is -0.480 e. The van der Waals surface area contributed by atoms with Gasteiger partial charge < -0.3 is 15.4 Å². The highest BCUT2D eigenvalue weighted by Crippen LogP contribution is 2.27. The van der Waals surface area contributed by atoms with Gasteiger partial charge in [0.1, 0.15) is 5.75 Å². The summed E-state index contributed by atoms with van der Waals surface area (Å²) >= 11 is 0. The monoisotopic (exact) mass is 395 g/mol. The van der Waals surface area contributed by atoms with Crippen molar-refractivity contribution in [3.8, 4) is 5.75 Å². The molecule has 1 aromatic rings. The maximum Gasteiger partial charge on any atom is 0.263 e. The zero-order chi connectivity index (χ0) is 19.6. The number of hydrogen-bond donors (Lipinski definition) is 1. The third kappa shape index (κ3) is 4.08. The fourth-order valence-electron chi connectivity index (χ4n) is 3.48. The summed E-state index contributed by atoms with van der Waals surface area (Å²) < 4.78 is 32.5. The van der Waals surface area contributed by atoms with Crippen LogP contribution in [0.15, 0.2) is 23.1 Å². The maximum absolute atomic E-state index is 12.7. The van der Waals surface area contributed by atoms with Crippen LogP contribution in [0.1, 0.15) is 43.0 Å². The van der Waals surface area contributed by atoms with Gasteiger partial charge in [-0.3, -0.25) is 9.59 Å². The molecule has 2 N–H and O–H groups in total. The van der Waals surface area contributed by atoms with E-state index in [-0.39, 0.29) is 22.1 Å². The van der Waals surface area contributed by atoms with E-state index in [1.54, 1.807) is 11.8 Å². The normalized spacial score (nSPS) is 19.2. The van der Waals surface area contributed by atoms with Crippen LogP contribution in [0.4, 0.5) is 0 Å². The van der Waals surface area contributed by atoms with E-state index >= 15 is 0 Å². The first kappa shape index (κ1) is 19.6. The minimum atomic E-state index is -3.67. The molecule has 2 fully saturated rings. The van der Waals surface area contributed by atoms with E-state index in [0.717, 1.165) is 25.7 Å². The number of ether oxygens (including phenoxy) is 1. The molecule has 0 aliphatic carbocycles. The number of sulfonamides is 1. The van der Waals surface area contributed by atoms with Crippen LogP contribution in [0.2, 0.25) is 0 Å². The van der Waals surface area contributed by atoms with Crippen LogP contribution in [-0.4, -0.2) is 61.7 Å². The highest BCUT2D eigenvalue weighted by molar-refractivity contribution is 7.89. The second-order valence-corrected chi connectivity index (χ2v) is 8.86. The van der Waals surface area contributed by atoms with Crippen LogP contribution in [0.25, 0.3) is 0 Å². The number of nitrogens with two attached hydrogens (primary N) is 1. The van der Waals surface area contributed by atoms with Crippen LogP contribution in [-0.2, 0) is 14.8 Å². The molecule has 0 aromatic heterocycles. The molecule has 9 heteroatoms. The Morgan fingerprint density at radius 2 is 1.67 bits per heavy atom. The Balaban J connectivity index is 1.83. The smallest absolute Gasteiger partial charge is 0.263 e. The Bertz CT molecular complexity index is 827. The fraction of sp³-hybridized carbons (Fsp3) is 0.556. The number of rotatable bonds is 6. The van der Waals surface area contributed by atoms with E-state index in [4.69, 9.17) is 10.5 Å². The molecule has 148 valence electrons. The molecule has 2 aliphatic heterocycles. The molecule has 2 saturated heterocycles. The molecular formula is C18H25N3O5S. The topological polar surface area (TPSA) is 110 Å². The molecule has 1 aromatic carbocycles. The molecule has 0 saturated carbocycles. The minimum absolute atomic E-state index is 0.00377. The van der Waals surface area contributed by atoms with Crippen LogP contribution in [0.3, 0.4) is 0 Å². The average molecular weight is 395 g/mol. The van der Waals surface area contributed by atoms with Gasteiger partial charge in [-0.25, -0.2) is 8.42 Å². The summed E-state index contributed by atoms with van der Waals surface area (Å²) in [5.74, 6) is -0.844. The Labute approximate surface area is 159 Å². The molecule has 0 unspecified atom stereocenters. The van der Waals surface area contributed by atoms with Crippen molar-refractivity contribution in [1.82, 2.24) is 9.21 Å². The number of carbonyl (C=O) groups is 2. The lowest BCUT2D eigenvalue weighted by Gasteiger charge is -2.22. The number of benzene rings is 1. The zero-order valence-electron chi connectivity index (χ0n) is 15.4. The van der Waals surface area contributed by atoms with Crippen molar-refractivity contribution in [2.45, 2.75) is 43.6 Å². The maximum atomic E-state index is 12.7. The molecule has 1 atom stereocenters. The first-order valence-corrected chi connectivity index (χ1v) is 10.6. The largest absolute Gasteiger partial charge is 0.480 e. The zero-order valence-corrected chi connectivity index (χ0v) is 16.2. The summed E-state index contributed by atoms with van der Waals surface area (Å²) in [5, 5.41) is 0. The summed E-state index contributed by atoms with van der Waals surface area (Å²) in [4.78, 5) is 26.0. The third-order valence-corrected chi connectivity index (χ3v) is 6.88. The average Bonchev–Trinajstić information content (AvgIpc) is 3.34. The molecule has 0 bridgehead atoms. The standard InChI is InChI=1S/C18H25N3O5S/c1-13(18(23)20-8-2-3-9-20)26-16-7-6-14(12-15(16)17(19)22)27(24,25)21-10-4-5-11-21/h6-7,12-13H,2-5,8-11H2,1H3,(H2,19,22)/t13-/m1/s1. The van der Waals surface area contributed by atoms with Crippen LogP contribution < -0.4 is 10.5 Å². The Morgan fingerprint density at radius 3 is 2.26 bits per heavy atom. The number of likely N-dealkylation sites (tertiary alicyclic amines) is 1. The van der Waals surface area contributed by atoms with Gasteiger partial charge >= 0.3 is 0 Å². The summed E-state index contributed by atoms with van der Waals surface area (Å²) in [5.41, 5.74) is 5.39. The number of carbonyl (C=O) groups excluding carboxylic acids is 2. The lowest BCUT2D eigenvalue weighted by Crippen LogP contribution is -2.38. The van der Waals surface area contributed by atoms with Gasteiger partial charge in [0.2, 0.25) is 10.0 Å². The number of nitrogens with zero attached hydrogens (tertiary/aromatic N) is 2. The van der Waals surface area contributed by atoms with Gasteiger partial charge in [-0.2, -0.15) is 4.31 Å². The van der Waals surface area contributed by atoms with Crippen LogP contribution in [0, 0.1) is 0 Å². The van der Waals surface area contributed by atoms with Gasteiger partial charge in [-0.05, 0) is 50.8 Å². The predicted molar refractivity (Wildman–Crippen MR) is 98.9 cm³/mol. The van der Waals surface area contributed by atoms with E-state index in [9.17, 15) is 18.0 Å². The predicted octanol–water partition coefficient (Wildman–Crippen LogP) is 0.960. The highest BCUT2D eigenvalue weighted by atomic mass is 32.2. The molecule has 2 heterocycles. The van der Waals surface area contributed by atoms with Gasteiger partial charge in [0.25, 0.3) is 11.8 Å². The SMILES string of the molecule is C[C@@H](Oc1ccc(S(=O)(=O)N2CCCC2)cc1C(N)=O)C(=O)N1CCCC1. The van der Waals surface area contributed by atoms with E-state index in [2.05, 4.69) is 0 Å².